The summed E-state index contributed by atoms with van der Waals surface area (Å²) in [6.07, 6.45) is -1.83. The Hall–Kier alpha value is -1.79. The van der Waals surface area contributed by atoms with Gasteiger partial charge in [0.05, 0.1) is 10.9 Å². The van der Waals surface area contributed by atoms with Gasteiger partial charge in [-0.05, 0) is 12.8 Å². The average molecular weight is 257 g/mol. The van der Waals surface area contributed by atoms with E-state index >= 15 is 0 Å². The van der Waals surface area contributed by atoms with Crippen LogP contribution in [-0.4, -0.2) is 15.2 Å². The third-order valence-electron chi connectivity index (χ3n) is 3.40. The van der Waals surface area contributed by atoms with E-state index in [1.807, 2.05) is 0 Å². The van der Waals surface area contributed by atoms with Crippen molar-refractivity contribution >= 4 is 11.0 Å². The van der Waals surface area contributed by atoms with Gasteiger partial charge in [-0.1, -0.05) is 6.42 Å². The molecule has 0 atom stereocenters. The first-order valence-electron chi connectivity index (χ1n) is 5.65. The monoisotopic (exact) mass is 257 g/mol. The molecule has 1 fully saturated rings. The zero-order valence-electron chi connectivity index (χ0n) is 9.27. The molecule has 1 aliphatic carbocycles. The number of fused-ring (bicyclic) bond motifs is 1. The van der Waals surface area contributed by atoms with Crippen LogP contribution in [-0.2, 0) is 6.18 Å². The molecule has 0 amide bonds. The Labute approximate surface area is 99.2 Å². The van der Waals surface area contributed by atoms with Crippen LogP contribution in [0.4, 0.5) is 13.2 Å². The second kappa shape index (κ2) is 3.60. The number of alkyl halides is 3. The van der Waals surface area contributed by atoms with E-state index in [0.717, 1.165) is 19.3 Å². The SMILES string of the molecule is O=c1cc(C(F)(F)F)c2c(C3CCC3)[nH]nc2[nH]1. The minimum atomic E-state index is -4.55. The molecule has 0 bridgehead atoms. The molecule has 1 aliphatic rings. The maximum absolute atomic E-state index is 12.9. The highest BCUT2D eigenvalue weighted by Crippen LogP contribution is 2.41. The van der Waals surface area contributed by atoms with Crippen molar-refractivity contribution < 1.29 is 13.2 Å². The van der Waals surface area contributed by atoms with Crippen LogP contribution < -0.4 is 5.56 Å². The lowest BCUT2D eigenvalue weighted by Crippen LogP contribution is -2.16. The Bertz CT molecular complexity index is 652. The fourth-order valence-corrected chi connectivity index (χ4v) is 2.29. The van der Waals surface area contributed by atoms with Crippen molar-refractivity contribution in [2.75, 3.05) is 0 Å². The summed E-state index contributed by atoms with van der Waals surface area (Å²) in [5.74, 6) is 0.0852. The van der Waals surface area contributed by atoms with Crippen LogP contribution in [0, 0.1) is 0 Å². The Balaban J connectivity index is 2.31. The first-order valence-corrected chi connectivity index (χ1v) is 5.65. The van der Waals surface area contributed by atoms with Crippen LogP contribution in [0.2, 0.25) is 0 Å². The fraction of sp³-hybridized carbons (Fsp3) is 0.455. The van der Waals surface area contributed by atoms with Crippen molar-refractivity contribution in [3.63, 3.8) is 0 Å². The number of nitrogens with zero attached hydrogens (tertiary/aromatic N) is 1. The Morgan fingerprint density at radius 2 is 2.06 bits per heavy atom. The number of halogens is 3. The zero-order valence-corrected chi connectivity index (χ0v) is 9.27. The lowest BCUT2D eigenvalue weighted by Gasteiger charge is -2.24. The number of hydrogen-bond donors (Lipinski definition) is 2. The van der Waals surface area contributed by atoms with Gasteiger partial charge in [0.1, 0.15) is 0 Å². The minimum Gasteiger partial charge on any atom is -0.305 e. The predicted octanol–water partition coefficient (Wildman–Crippen LogP) is 2.54. The third kappa shape index (κ3) is 1.61. The zero-order chi connectivity index (χ0) is 12.9. The molecule has 18 heavy (non-hydrogen) atoms. The summed E-state index contributed by atoms with van der Waals surface area (Å²) in [5.41, 5.74) is -1.23. The molecule has 2 aromatic heterocycles. The van der Waals surface area contributed by atoms with E-state index in [2.05, 4.69) is 15.2 Å². The van der Waals surface area contributed by atoms with E-state index in [9.17, 15) is 18.0 Å². The molecular weight excluding hydrogens is 247 g/mol. The summed E-state index contributed by atoms with van der Waals surface area (Å²) in [4.78, 5) is 13.5. The molecule has 0 spiro atoms. The van der Waals surface area contributed by atoms with Gasteiger partial charge in [-0.15, -0.1) is 0 Å². The van der Waals surface area contributed by atoms with E-state index in [1.54, 1.807) is 0 Å². The Morgan fingerprint density at radius 1 is 1.33 bits per heavy atom. The minimum absolute atomic E-state index is 0.00630. The van der Waals surface area contributed by atoms with Crippen molar-refractivity contribution in [2.45, 2.75) is 31.4 Å². The van der Waals surface area contributed by atoms with E-state index in [4.69, 9.17) is 0 Å². The van der Waals surface area contributed by atoms with Crippen molar-refractivity contribution in [2.24, 2.45) is 0 Å². The van der Waals surface area contributed by atoms with Gasteiger partial charge in [-0.3, -0.25) is 9.89 Å². The standard InChI is InChI=1S/C11H10F3N3O/c12-11(13,14)6-4-7(18)15-10-8(6)9(16-17-10)5-2-1-3-5/h4-5H,1-3H2,(H2,15,16,17,18). The summed E-state index contributed by atoms with van der Waals surface area (Å²) in [7, 11) is 0. The van der Waals surface area contributed by atoms with Crippen molar-refractivity contribution in [3.8, 4) is 0 Å². The molecule has 2 heterocycles. The van der Waals surface area contributed by atoms with Crippen molar-refractivity contribution in [3.05, 3.63) is 27.7 Å². The lowest BCUT2D eigenvalue weighted by molar-refractivity contribution is -0.136. The maximum Gasteiger partial charge on any atom is 0.417 e. The van der Waals surface area contributed by atoms with Gasteiger partial charge in [0.25, 0.3) is 0 Å². The van der Waals surface area contributed by atoms with Gasteiger partial charge < -0.3 is 4.98 Å². The predicted molar refractivity (Wildman–Crippen MR) is 58.3 cm³/mol. The molecule has 0 aromatic carbocycles. The Morgan fingerprint density at radius 3 is 2.61 bits per heavy atom. The van der Waals surface area contributed by atoms with Gasteiger partial charge in [0.2, 0.25) is 5.56 Å². The van der Waals surface area contributed by atoms with E-state index in [1.165, 1.54) is 0 Å². The van der Waals surface area contributed by atoms with E-state index in [0.29, 0.717) is 11.8 Å². The van der Waals surface area contributed by atoms with Crippen LogP contribution in [0.1, 0.15) is 36.4 Å². The van der Waals surface area contributed by atoms with Crippen LogP contribution in [0.15, 0.2) is 10.9 Å². The summed E-state index contributed by atoms with van der Waals surface area (Å²) >= 11 is 0. The number of aromatic amines is 2. The molecule has 0 unspecified atom stereocenters. The van der Waals surface area contributed by atoms with Crippen LogP contribution in [0.5, 0.6) is 0 Å². The number of aromatic nitrogens is 3. The number of nitrogens with one attached hydrogen (secondary N) is 2. The molecule has 2 aromatic rings. The van der Waals surface area contributed by atoms with Gasteiger partial charge in [0.15, 0.2) is 5.65 Å². The molecule has 7 heteroatoms. The van der Waals surface area contributed by atoms with Crippen LogP contribution in [0.25, 0.3) is 11.0 Å². The molecular formula is C11H10F3N3O. The maximum atomic E-state index is 12.9. The summed E-state index contributed by atoms with van der Waals surface area (Å²) in [5, 5.41) is 6.42. The average Bonchev–Trinajstić information content (AvgIpc) is 2.56. The molecule has 96 valence electrons. The van der Waals surface area contributed by atoms with Gasteiger partial charge in [-0.25, -0.2) is 0 Å². The molecule has 1 saturated carbocycles. The van der Waals surface area contributed by atoms with Crippen molar-refractivity contribution in [1.29, 1.82) is 0 Å². The smallest absolute Gasteiger partial charge is 0.305 e. The van der Waals surface area contributed by atoms with Gasteiger partial charge in [0, 0.05) is 17.7 Å². The van der Waals surface area contributed by atoms with Crippen molar-refractivity contribution in [1.82, 2.24) is 15.2 Å². The highest BCUT2D eigenvalue weighted by molar-refractivity contribution is 5.82. The van der Waals surface area contributed by atoms with E-state index in [-0.39, 0.29) is 17.0 Å². The lowest BCUT2D eigenvalue weighted by atomic mass is 9.81. The second-order valence-electron chi connectivity index (χ2n) is 4.53. The van der Waals surface area contributed by atoms with Crippen LogP contribution in [0.3, 0.4) is 0 Å². The Kier molecular flexibility index (Phi) is 2.26. The molecule has 0 radical (unpaired) electrons. The topological polar surface area (TPSA) is 61.5 Å². The molecule has 0 aliphatic heterocycles. The quantitative estimate of drug-likeness (QED) is 0.824. The fourth-order valence-electron chi connectivity index (χ4n) is 2.29. The first kappa shape index (κ1) is 11.3. The molecule has 2 N–H and O–H groups in total. The second-order valence-corrected chi connectivity index (χ2v) is 4.53. The normalized spacial score (nSPS) is 17.1. The highest BCUT2D eigenvalue weighted by atomic mass is 19.4. The van der Waals surface area contributed by atoms with Gasteiger partial charge >= 0.3 is 6.18 Å². The van der Waals surface area contributed by atoms with Gasteiger partial charge in [-0.2, -0.15) is 18.3 Å². The molecule has 0 saturated heterocycles. The number of rotatable bonds is 1. The highest BCUT2D eigenvalue weighted by Gasteiger charge is 2.36. The summed E-state index contributed by atoms with van der Waals surface area (Å²) in [6, 6.07) is 0.597. The molecule has 4 nitrogen and oxygen atoms in total. The summed E-state index contributed by atoms with van der Waals surface area (Å²) in [6.45, 7) is 0. The number of H-pyrrole nitrogens is 2. The number of pyridine rings is 1. The largest absolute Gasteiger partial charge is 0.417 e. The van der Waals surface area contributed by atoms with E-state index < -0.39 is 17.3 Å². The third-order valence-corrected chi connectivity index (χ3v) is 3.40. The number of hydrogen-bond acceptors (Lipinski definition) is 2. The van der Waals surface area contributed by atoms with Crippen LogP contribution >= 0.6 is 0 Å². The first-order chi connectivity index (χ1) is 8.47. The summed E-state index contributed by atoms with van der Waals surface area (Å²) < 4.78 is 38.8. The molecule has 3 rings (SSSR count).